The van der Waals surface area contributed by atoms with E-state index in [1.807, 2.05) is 11.0 Å². The summed E-state index contributed by atoms with van der Waals surface area (Å²) < 4.78 is 0. The molecule has 2 N–H and O–H groups in total. The lowest BCUT2D eigenvalue weighted by atomic mass is 9.61. The average molecular weight is 464 g/mol. The van der Waals surface area contributed by atoms with Crippen LogP contribution in [-0.2, 0) is 11.3 Å². The zero-order valence-corrected chi connectivity index (χ0v) is 19.4. The molecule has 4 unspecified atom stereocenters. The molecule has 1 heterocycles. The lowest BCUT2D eigenvalue weighted by Crippen LogP contribution is -2.52. The van der Waals surface area contributed by atoms with Crippen molar-refractivity contribution in [2.75, 3.05) is 13.1 Å². The molecule has 7 heteroatoms. The van der Waals surface area contributed by atoms with Crippen molar-refractivity contribution < 1.29 is 9.59 Å². The van der Waals surface area contributed by atoms with Crippen molar-refractivity contribution in [1.82, 2.24) is 15.5 Å². The van der Waals surface area contributed by atoms with E-state index in [1.54, 1.807) is 12.1 Å². The Morgan fingerprint density at radius 1 is 1.06 bits per heavy atom. The normalized spacial score (nSPS) is 33.5. The van der Waals surface area contributed by atoms with Crippen LogP contribution in [0, 0.1) is 23.2 Å². The second kappa shape index (κ2) is 8.47. The first-order chi connectivity index (χ1) is 14.9. The molecule has 3 amide bonds. The molecule has 3 bridgehead atoms. The van der Waals surface area contributed by atoms with Gasteiger partial charge in [-0.1, -0.05) is 35.7 Å². The van der Waals surface area contributed by atoms with Gasteiger partial charge in [-0.15, -0.1) is 0 Å². The lowest BCUT2D eigenvalue weighted by Gasteiger charge is -2.44. The van der Waals surface area contributed by atoms with Gasteiger partial charge in [0.25, 0.3) is 0 Å². The van der Waals surface area contributed by atoms with Crippen molar-refractivity contribution in [2.45, 2.75) is 64.0 Å². The highest BCUT2D eigenvalue weighted by Gasteiger charge is 2.58. The number of amides is 3. The predicted octanol–water partition coefficient (Wildman–Crippen LogP) is 5.00. The predicted molar refractivity (Wildman–Crippen MR) is 122 cm³/mol. The minimum atomic E-state index is -0.122. The number of likely N-dealkylation sites (tertiary alicyclic amines) is 1. The number of fused-ring (bicyclic) bond motifs is 2. The summed E-state index contributed by atoms with van der Waals surface area (Å²) in [5, 5.41) is 7.38. The van der Waals surface area contributed by atoms with Crippen LogP contribution in [0.25, 0.3) is 0 Å². The van der Waals surface area contributed by atoms with Crippen LogP contribution in [0.5, 0.6) is 0 Å². The third kappa shape index (κ3) is 4.04. The molecule has 168 valence electrons. The number of rotatable bonds is 5. The van der Waals surface area contributed by atoms with Gasteiger partial charge in [0.05, 0.1) is 11.5 Å². The molecule has 4 aliphatic rings. The number of nitrogens with one attached hydrogen (secondary N) is 2. The van der Waals surface area contributed by atoms with Crippen LogP contribution >= 0.6 is 23.2 Å². The Morgan fingerprint density at radius 3 is 2.74 bits per heavy atom. The smallest absolute Gasteiger partial charge is 0.317 e. The molecule has 5 rings (SSSR count). The second-order valence-electron chi connectivity index (χ2n) is 10.1. The monoisotopic (exact) mass is 463 g/mol. The number of carbonyl (C=O) groups is 2. The quantitative estimate of drug-likeness (QED) is 0.644. The molecule has 3 saturated carbocycles. The highest BCUT2D eigenvalue weighted by Crippen LogP contribution is 2.62. The van der Waals surface area contributed by atoms with E-state index >= 15 is 0 Å². The largest absolute Gasteiger partial charge is 0.354 e. The van der Waals surface area contributed by atoms with Gasteiger partial charge >= 0.3 is 6.03 Å². The molecule has 1 saturated heterocycles. The number of benzene rings is 1. The summed E-state index contributed by atoms with van der Waals surface area (Å²) in [5.41, 5.74) is 0.716. The maximum atomic E-state index is 13.3. The van der Waals surface area contributed by atoms with Crippen LogP contribution < -0.4 is 10.6 Å². The van der Waals surface area contributed by atoms with Crippen LogP contribution in [-0.4, -0.2) is 36.0 Å². The number of halogens is 2. The summed E-state index contributed by atoms with van der Waals surface area (Å²) >= 11 is 12.2. The van der Waals surface area contributed by atoms with Gasteiger partial charge in [0.15, 0.2) is 0 Å². The molecular formula is C24H31Cl2N3O2. The van der Waals surface area contributed by atoms with Crippen molar-refractivity contribution in [1.29, 1.82) is 0 Å². The third-order valence-corrected chi connectivity index (χ3v) is 8.92. The van der Waals surface area contributed by atoms with Crippen LogP contribution in [0.2, 0.25) is 10.0 Å². The zero-order valence-electron chi connectivity index (χ0n) is 17.8. The van der Waals surface area contributed by atoms with Crippen molar-refractivity contribution in [3.8, 4) is 0 Å². The molecule has 1 aromatic rings. The van der Waals surface area contributed by atoms with Gasteiger partial charge in [0.1, 0.15) is 0 Å². The highest BCUT2D eigenvalue weighted by molar-refractivity contribution is 6.35. The summed E-state index contributed by atoms with van der Waals surface area (Å²) in [5.74, 6) is 2.33. The number of hydrogen-bond acceptors (Lipinski definition) is 2. The summed E-state index contributed by atoms with van der Waals surface area (Å²) in [6.07, 6.45) is 9.16. The van der Waals surface area contributed by atoms with Gasteiger partial charge in [-0.2, -0.15) is 0 Å². The van der Waals surface area contributed by atoms with E-state index in [2.05, 4.69) is 10.6 Å². The molecule has 0 radical (unpaired) electrons. The number of nitrogens with zero attached hydrogens (tertiary/aromatic N) is 1. The summed E-state index contributed by atoms with van der Waals surface area (Å²) in [6, 6.07) is 5.24. The molecule has 3 aliphatic carbocycles. The molecule has 5 atom stereocenters. The molecule has 5 nitrogen and oxygen atoms in total. The van der Waals surface area contributed by atoms with Gasteiger partial charge < -0.3 is 15.5 Å². The number of urea groups is 1. The fourth-order valence-electron chi connectivity index (χ4n) is 6.95. The number of hydrogen-bond donors (Lipinski definition) is 2. The summed E-state index contributed by atoms with van der Waals surface area (Å²) in [7, 11) is 0. The van der Waals surface area contributed by atoms with E-state index < -0.39 is 0 Å². The van der Waals surface area contributed by atoms with Crippen LogP contribution in [0.4, 0.5) is 4.79 Å². The van der Waals surface area contributed by atoms with Crippen molar-refractivity contribution in [3.63, 3.8) is 0 Å². The molecule has 1 aliphatic heterocycles. The van der Waals surface area contributed by atoms with Gasteiger partial charge in [-0.25, -0.2) is 4.79 Å². The molecule has 0 spiro atoms. The maximum absolute atomic E-state index is 13.3. The first-order valence-electron chi connectivity index (χ1n) is 11.7. The van der Waals surface area contributed by atoms with Crippen LogP contribution in [0.1, 0.15) is 56.9 Å². The zero-order chi connectivity index (χ0) is 21.6. The Hall–Kier alpha value is -1.46. The van der Waals surface area contributed by atoms with E-state index in [4.69, 9.17) is 23.2 Å². The van der Waals surface area contributed by atoms with E-state index in [9.17, 15) is 9.59 Å². The second-order valence-corrected chi connectivity index (χ2v) is 11.0. The number of carbonyl (C=O) groups excluding carboxylic acids is 2. The van der Waals surface area contributed by atoms with E-state index in [-0.39, 0.29) is 23.4 Å². The minimum Gasteiger partial charge on any atom is -0.354 e. The van der Waals surface area contributed by atoms with Crippen molar-refractivity contribution in [3.05, 3.63) is 33.8 Å². The lowest BCUT2D eigenvalue weighted by molar-refractivity contribution is -0.138. The molecular weight excluding hydrogens is 433 g/mol. The van der Waals surface area contributed by atoms with Gasteiger partial charge in [-0.3, -0.25) is 4.79 Å². The fourth-order valence-corrected chi connectivity index (χ4v) is 7.43. The standard InChI is InChI=1S/C24H31Cl2N3O2/c25-19-6-4-17(21(26)10-19)13-28-23(31)29-7-1-2-20(29)14-27-22(30)24-11-15-3-5-18(24)9-16(8-15)12-24/h4,6,10,15-16,18,20H,1-3,5,7-9,11-14H2,(H,27,30)(H,28,31)/t15-,16?,18?,20?,24?/m0/s1. The van der Waals surface area contributed by atoms with Crippen molar-refractivity contribution in [2.24, 2.45) is 23.2 Å². The van der Waals surface area contributed by atoms with Gasteiger partial charge in [-0.05, 0) is 80.4 Å². The first kappa shape index (κ1) is 21.4. The molecule has 31 heavy (non-hydrogen) atoms. The minimum absolute atomic E-state index is 0.0546. The van der Waals surface area contributed by atoms with E-state index in [0.29, 0.717) is 29.1 Å². The van der Waals surface area contributed by atoms with Gasteiger partial charge in [0.2, 0.25) is 5.91 Å². The van der Waals surface area contributed by atoms with Crippen LogP contribution in [0.15, 0.2) is 18.2 Å². The maximum Gasteiger partial charge on any atom is 0.317 e. The Bertz CT molecular complexity index is 878. The Balaban J connectivity index is 1.16. The highest BCUT2D eigenvalue weighted by atomic mass is 35.5. The average Bonchev–Trinajstić information content (AvgIpc) is 3.27. The Kier molecular flexibility index (Phi) is 5.85. The Labute approximate surface area is 194 Å². The Morgan fingerprint density at radius 2 is 1.90 bits per heavy atom. The molecule has 1 aromatic carbocycles. The summed E-state index contributed by atoms with van der Waals surface area (Å²) in [4.78, 5) is 28.0. The third-order valence-electron chi connectivity index (χ3n) is 8.33. The topological polar surface area (TPSA) is 61.4 Å². The van der Waals surface area contributed by atoms with E-state index in [1.165, 1.54) is 25.7 Å². The fraction of sp³-hybridized carbons (Fsp3) is 0.667. The summed E-state index contributed by atoms with van der Waals surface area (Å²) in [6.45, 7) is 1.63. The van der Waals surface area contributed by atoms with Crippen molar-refractivity contribution >= 4 is 35.1 Å². The van der Waals surface area contributed by atoms with Crippen LogP contribution in [0.3, 0.4) is 0 Å². The SMILES string of the molecule is O=C(NCc1ccc(Cl)cc1Cl)N1CCCC1CNC(=O)C12CC3CC1CC[C@@H](C3)C2. The van der Waals surface area contributed by atoms with Gasteiger partial charge in [0, 0.05) is 29.7 Å². The molecule has 0 aromatic heterocycles. The first-order valence-corrected chi connectivity index (χ1v) is 12.5. The molecule has 4 fully saturated rings. The van der Waals surface area contributed by atoms with E-state index in [0.717, 1.165) is 49.6 Å².